The van der Waals surface area contributed by atoms with Gasteiger partial charge in [-0.25, -0.2) is 15.0 Å². The highest BCUT2D eigenvalue weighted by Gasteiger charge is 2.23. The fourth-order valence-electron chi connectivity index (χ4n) is 2.53. The van der Waals surface area contributed by atoms with Gasteiger partial charge in [-0.2, -0.15) is 0 Å². The molecule has 104 valence electrons. The fraction of sp³-hybridized carbons (Fsp3) is 0.385. The number of aromatic nitrogens is 4. The van der Waals surface area contributed by atoms with Crippen LogP contribution in [0, 0.1) is 0 Å². The first-order chi connectivity index (χ1) is 9.78. The van der Waals surface area contributed by atoms with Crippen molar-refractivity contribution in [3.63, 3.8) is 0 Å². The van der Waals surface area contributed by atoms with Gasteiger partial charge in [-0.05, 0) is 18.9 Å². The Balaban J connectivity index is 1.81. The quantitative estimate of drug-likeness (QED) is 0.800. The van der Waals surface area contributed by atoms with Crippen LogP contribution in [0.1, 0.15) is 12.8 Å². The summed E-state index contributed by atoms with van der Waals surface area (Å²) < 4.78 is 0. The Morgan fingerprint density at radius 3 is 3.25 bits per heavy atom. The SMILES string of the molecule is C=CC(=O)N[C@@H]1CCCN(c2ncnc3[nH]cnc23)C1. The number of aromatic amines is 1. The second-order valence-electron chi connectivity index (χ2n) is 4.79. The maximum atomic E-state index is 11.4. The summed E-state index contributed by atoms with van der Waals surface area (Å²) >= 11 is 0. The van der Waals surface area contributed by atoms with Crippen molar-refractivity contribution in [1.29, 1.82) is 0 Å². The number of imidazole rings is 1. The van der Waals surface area contributed by atoms with Gasteiger partial charge in [-0.15, -0.1) is 0 Å². The van der Waals surface area contributed by atoms with Crippen LogP contribution in [0.5, 0.6) is 0 Å². The minimum atomic E-state index is -0.135. The predicted molar refractivity (Wildman–Crippen MR) is 75.3 cm³/mol. The molecule has 0 bridgehead atoms. The number of hydrogen-bond acceptors (Lipinski definition) is 5. The number of hydrogen-bond donors (Lipinski definition) is 2. The first-order valence-electron chi connectivity index (χ1n) is 6.60. The number of nitrogens with zero attached hydrogens (tertiary/aromatic N) is 4. The number of amides is 1. The molecule has 0 aromatic carbocycles. The molecule has 0 spiro atoms. The summed E-state index contributed by atoms with van der Waals surface area (Å²) in [4.78, 5) is 29.3. The molecule has 1 amide bonds. The minimum absolute atomic E-state index is 0.109. The second kappa shape index (κ2) is 5.28. The van der Waals surface area contributed by atoms with E-state index in [1.54, 1.807) is 6.33 Å². The largest absolute Gasteiger partial charge is 0.353 e. The van der Waals surface area contributed by atoms with E-state index in [-0.39, 0.29) is 11.9 Å². The number of piperidine rings is 1. The smallest absolute Gasteiger partial charge is 0.243 e. The Kier molecular flexibility index (Phi) is 3.32. The van der Waals surface area contributed by atoms with Gasteiger partial charge in [0, 0.05) is 19.1 Å². The number of rotatable bonds is 3. The molecule has 7 nitrogen and oxygen atoms in total. The summed E-state index contributed by atoms with van der Waals surface area (Å²) in [6.45, 7) is 5.10. The van der Waals surface area contributed by atoms with Crippen LogP contribution in [-0.2, 0) is 4.79 Å². The number of H-pyrrole nitrogens is 1. The third-order valence-electron chi connectivity index (χ3n) is 3.45. The van der Waals surface area contributed by atoms with Crippen molar-refractivity contribution in [2.75, 3.05) is 18.0 Å². The van der Waals surface area contributed by atoms with Crippen LogP contribution < -0.4 is 10.2 Å². The van der Waals surface area contributed by atoms with Gasteiger partial charge in [0.2, 0.25) is 5.91 Å². The van der Waals surface area contributed by atoms with E-state index in [2.05, 4.69) is 36.7 Å². The molecule has 0 radical (unpaired) electrons. The van der Waals surface area contributed by atoms with Gasteiger partial charge in [0.05, 0.1) is 6.33 Å². The molecule has 7 heteroatoms. The van der Waals surface area contributed by atoms with E-state index in [1.165, 1.54) is 12.4 Å². The molecule has 2 aromatic heterocycles. The van der Waals surface area contributed by atoms with Gasteiger partial charge in [-0.3, -0.25) is 4.79 Å². The molecular formula is C13H16N6O. The summed E-state index contributed by atoms with van der Waals surface area (Å²) in [7, 11) is 0. The van der Waals surface area contributed by atoms with Crippen LogP contribution in [0.2, 0.25) is 0 Å². The van der Waals surface area contributed by atoms with E-state index < -0.39 is 0 Å². The van der Waals surface area contributed by atoms with Gasteiger partial charge in [-0.1, -0.05) is 6.58 Å². The van der Waals surface area contributed by atoms with Crippen LogP contribution >= 0.6 is 0 Å². The standard InChI is InChI=1S/C13H16N6O/c1-2-10(20)18-9-4-3-5-19(6-9)13-11-12(15-7-14-11)16-8-17-13/h2,7-9H,1,3-6H2,(H,18,20)(H,14,15,16,17)/t9-/m1/s1. The maximum Gasteiger partial charge on any atom is 0.243 e. The lowest BCUT2D eigenvalue weighted by Gasteiger charge is -2.33. The molecule has 20 heavy (non-hydrogen) atoms. The third kappa shape index (κ3) is 2.34. The van der Waals surface area contributed by atoms with Crippen LogP contribution in [0.3, 0.4) is 0 Å². The number of fused-ring (bicyclic) bond motifs is 1. The van der Waals surface area contributed by atoms with Crippen molar-refractivity contribution in [2.45, 2.75) is 18.9 Å². The molecular weight excluding hydrogens is 256 g/mol. The van der Waals surface area contributed by atoms with Crippen LogP contribution in [0.25, 0.3) is 11.2 Å². The highest BCUT2D eigenvalue weighted by Crippen LogP contribution is 2.23. The van der Waals surface area contributed by atoms with Crippen LogP contribution in [-0.4, -0.2) is 45.0 Å². The third-order valence-corrected chi connectivity index (χ3v) is 3.45. The Morgan fingerprint density at radius 1 is 1.50 bits per heavy atom. The highest BCUT2D eigenvalue weighted by atomic mass is 16.1. The number of carbonyl (C=O) groups is 1. The van der Waals surface area contributed by atoms with E-state index in [0.29, 0.717) is 0 Å². The maximum absolute atomic E-state index is 11.4. The molecule has 3 rings (SSSR count). The number of nitrogens with one attached hydrogen (secondary N) is 2. The van der Waals surface area contributed by atoms with E-state index in [1.807, 2.05) is 0 Å². The second-order valence-corrected chi connectivity index (χ2v) is 4.79. The summed E-state index contributed by atoms with van der Waals surface area (Å²) in [5, 5.41) is 2.94. The molecule has 1 saturated heterocycles. The van der Waals surface area contributed by atoms with Crippen LogP contribution in [0.15, 0.2) is 25.3 Å². The molecule has 2 N–H and O–H groups in total. The molecule has 1 fully saturated rings. The molecule has 0 aliphatic carbocycles. The van der Waals surface area contributed by atoms with Crippen molar-refractivity contribution in [1.82, 2.24) is 25.3 Å². The van der Waals surface area contributed by atoms with E-state index in [9.17, 15) is 4.79 Å². The molecule has 0 saturated carbocycles. The van der Waals surface area contributed by atoms with Crippen molar-refractivity contribution >= 4 is 22.9 Å². The summed E-state index contributed by atoms with van der Waals surface area (Å²) in [5.74, 6) is 0.679. The lowest BCUT2D eigenvalue weighted by molar-refractivity contribution is -0.117. The number of carbonyl (C=O) groups excluding carboxylic acids is 1. The first kappa shape index (κ1) is 12.6. The Bertz CT molecular complexity index is 637. The summed E-state index contributed by atoms with van der Waals surface area (Å²) in [6.07, 6.45) is 6.41. The molecule has 1 aliphatic heterocycles. The van der Waals surface area contributed by atoms with E-state index in [4.69, 9.17) is 0 Å². The summed E-state index contributed by atoms with van der Waals surface area (Å²) in [5.41, 5.74) is 1.50. The van der Waals surface area contributed by atoms with E-state index >= 15 is 0 Å². The van der Waals surface area contributed by atoms with Gasteiger partial charge < -0.3 is 15.2 Å². The fourth-order valence-corrected chi connectivity index (χ4v) is 2.53. The topological polar surface area (TPSA) is 86.8 Å². The Hall–Kier alpha value is -2.44. The van der Waals surface area contributed by atoms with Gasteiger partial charge >= 0.3 is 0 Å². The lowest BCUT2D eigenvalue weighted by Crippen LogP contribution is -2.47. The van der Waals surface area contributed by atoms with Crippen molar-refractivity contribution in [2.24, 2.45) is 0 Å². The lowest BCUT2D eigenvalue weighted by atomic mass is 10.1. The van der Waals surface area contributed by atoms with Gasteiger partial charge in [0.15, 0.2) is 11.5 Å². The first-order valence-corrected chi connectivity index (χ1v) is 6.60. The Labute approximate surface area is 116 Å². The summed E-state index contributed by atoms with van der Waals surface area (Å²) in [6, 6.07) is 0.109. The Morgan fingerprint density at radius 2 is 2.40 bits per heavy atom. The highest BCUT2D eigenvalue weighted by molar-refractivity contribution is 5.87. The van der Waals surface area contributed by atoms with Gasteiger partial charge in [0.1, 0.15) is 11.8 Å². The van der Waals surface area contributed by atoms with Crippen molar-refractivity contribution in [3.8, 4) is 0 Å². The van der Waals surface area contributed by atoms with Crippen molar-refractivity contribution < 1.29 is 4.79 Å². The average Bonchev–Trinajstić information content (AvgIpc) is 2.95. The number of anilines is 1. The van der Waals surface area contributed by atoms with Crippen molar-refractivity contribution in [3.05, 3.63) is 25.3 Å². The normalized spacial score (nSPS) is 19.0. The average molecular weight is 272 g/mol. The predicted octanol–water partition coefficient (Wildman–Crippen LogP) is 0.624. The minimum Gasteiger partial charge on any atom is -0.353 e. The molecule has 3 heterocycles. The molecule has 0 unspecified atom stereocenters. The van der Waals surface area contributed by atoms with Crippen LogP contribution in [0.4, 0.5) is 5.82 Å². The zero-order chi connectivity index (χ0) is 13.9. The zero-order valence-electron chi connectivity index (χ0n) is 11.0. The molecule has 2 aromatic rings. The zero-order valence-corrected chi connectivity index (χ0v) is 11.0. The monoisotopic (exact) mass is 272 g/mol. The molecule has 1 atom stereocenters. The molecule has 1 aliphatic rings. The van der Waals surface area contributed by atoms with E-state index in [0.717, 1.165) is 42.9 Å². The van der Waals surface area contributed by atoms with Gasteiger partial charge in [0.25, 0.3) is 0 Å².